The molecule has 24 heavy (non-hydrogen) atoms. The van der Waals surface area contributed by atoms with Crippen LogP contribution in [0.5, 0.6) is 0 Å². The van der Waals surface area contributed by atoms with Crippen molar-refractivity contribution in [2.75, 3.05) is 18.9 Å². The maximum absolute atomic E-state index is 12.6. The molecule has 0 saturated heterocycles. The van der Waals surface area contributed by atoms with Crippen LogP contribution in [-0.4, -0.2) is 42.4 Å². The molecule has 1 aromatic carbocycles. The Morgan fingerprint density at radius 3 is 2.29 bits per heavy atom. The lowest BCUT2D eigenvalue weighted by Gasteiger charge is -2.25. The van der Waals surface area contributed by atoms with Crippen molar-refractivity contribution >= 4 is 17.5 Å². The molecule has 5 heteroatoms. The van der Waals surface area contributed by atoms with E-state index in [1.54, 1.807) is 11.9 Å². The Labute approximate surface area is 145 Å². The van der Waals surface area contributed by atoms with Gasteiger partial charge in [0.2, 0.25) is 11.8 Å². The first-order chi connectivity index (χ1) is 11.1. The maximum atomic E-state index is 12.6. The Morgan fingerprint density at radius 2 is 1.75 bits per heavy atom. The zero-order valence-electron chi connectivity index (χ0n) is 15.9. The van der Waals surface area contributed by atoms with Crippen molar-refractivity contribution in [2.24, 2.45) is 0 Å². The van der Waals surface area contributed by atoms with Crippen molar-refractivity contribution < 1.29 is 9.59 Å². The molecule has 1 aromatic rings. The summed E-state index contributed by atoms with van der Waals surface area (Å²) < 4.78 is 0. The molecule has 0 aromatic heterocycles. The van der Waals surface area contributed by atoms with Crippen molar-refractivity contribution in [1.82, 2.24) is 10.2 Å². The molecule has 0 unspecified atom stereocenters. The summed E-state index contributed by atoms with van der Waals surface area (Å²) in [5.74, 6) is 0.141. The molecule has 2 amide bonds. The number of nitrogens with zero attached hydrogens (tertiary/aromatic N) is 1. The van der Waals surface area contributed by atoms with E-state index < -0.39 is 6.04 Å². The van der Waals surface area contributed by atoms with Crippen LogP contribution in [-0.2, 0) is 9.59 Å². The minimum atomic E-state index is -0.400. The number of carbonyl (C=O) groups is 2. The van der Waals surface area contributed by atoms with Crippen molar-refractivity contribution in [1.29, 1.82) is 0 Å². The number of aryl methyl sites for hydroxylation is 1. The standard InChI is InChI=1S/C19H31N3O2/c1-12(2)16-10-8-9-14(5)18(16)21-19(24)15(6)22(7)11-17(23)20-13(3)4/h8-10,12-13,15H,11H2,1-7H3,(H,20,23)(H,21,24)/t15-/m0/s1. The van der Waals surface area contributed by atoms with Crippen LogP contribution in [0, 0.1) is 6.92 Å². The van der Waals surface area contributed by atoms with Gasteiger partial charge in [0.1, 0.15) is 0 Å². The van der Waals surface area contributed by atoms with Crippen LogP contribution < -0.4 is 10.6 Å². The van der Waals surface area contributed by atoms with Gasteiger partial charge in [-0.1, -0.05) is 32.0 Å². The van der Waals surface area contributed by atoms with Gasteiger partial charge in [0, 0.05) is 11.7 Å². The Hall–Kier alpha value is -1.88. The zero-order valence-corrected chi connectivity index (χ0v) is 15.9. The van der Waals surface area contributed by atoms with Crippen LogP contribution in [0.4, 0.5) is 5.69 Å². The van der Waals surface area contributed by atoms with E-state index in [-0.39, 0.29) is 24.4 Å². The fourth-order valence-electron chi connectivity index (χ4n) is 2.50. The molecule has 0 fully saturated rings. The van der Waals surface area contributed by atoms with E-state index >= 15 is 0 Å². The summed E-state index contributed by atoms with van der Waals surface area (Å²) in [6.45, 7) is 12.0. The average Bonchev–Trinajstić information content (AvgIpc) is 2.46. The average molecular weight is 333 g/mol. The van der Waals surface area contributed by atoms with E-state index in [4.69, 9.17) is 0 Å². The summed E-state index contributed by atoms with van der Waals surface area (Å²) in [5, 5.41) is 5.88. The molecule has 0 aliphatic heterocycles. The zero-order chi connectivity index (χ0) is 18.4. The number of hydrogen-bond acceptors (Lipinski definition) is 3. The largest absolute Gasteiger partial charge is 0.353 e. The molecule has 0 spiro atoms. The lowest BCUT2D eigenvalue weighted by atomic mass is 9.98. The van der Waals surface area contributed by atoms with Gasteiger partial charge in [-0.05, 0) is 51.8 Å². The summed E-state index contributed by atoms with van der Waals surface area (Å²) in [7, 11) is 1.78. The third kappa shape index (κ3) is 5.64. The monoisotopic (exact) mass is 333 g/mol. The highest BCUT2D eigenvalue weighted by molar-refractivity contribution is 5.96. The molecule has 2 N–H and O–H groups in total. The van der Waals surface area contributed by atoms with Gasteiger partial charge in [0.05, 0.1) is 12.6 Å². The SMILES string of the molecule is Cc1cccc(C(C)C)c1NC(=O)[C@H](C)N(C)CC(=O)NC(C)C. The number of para-hydroxylation sites is 1. The second-order valence-electron chi connectivity index (χ2n) is 7.00. The molecule has 0 bridgehead atoms. The number of benzene rings is 1. The summed E-state index contributed by atoms with van der Waals surface area (Å²) >= 11 is 0. The molecule has 0 heterocycles. The molecule has 134 valence electrons. The molecule has 1 rings (SSSR count). The normalized spacial score (nSPS) is 12.6. The van der Waals surface area contributed by atoms with Gasteiger partial charge in [0.25, 0.3) is 0 Å². The first kappa shape index (κ1) is 20.2. The number of anilines is 1. The maximum Gasteiger partial charge on any atom is 0.241 e. The van der Waals surface area contributed by atoms with Crippen LogP contribution >= 0.6 is 0 Å². The number of amides is 2. The van der Waals surface area contributed by atoms with E-state index in [9.17, 15) is 9.59 Å². The van der Waals surface area contributed by atoms with Crippen molar-refractivity contribution in [3.8, 4) is 0 Å². The number of carbonyl (C=O) groups excluding carboxylic acids is 2. The molecule has 0 aliphatic carbocycles. The molecule has 1 atom stereocenters. The summed E-state index contributed by atoms with van der Waals surface area (Å²) in [4.78, 5) is 26.2. The number of rotatable bonds is 7. The Balaban J connectivity index is 2.79. The Morgan fingerprint density at radius 1 is 1.12 bits per heavy atom. The lowest BCUT2D eigenvalue weighted by Crippen LogP contribution is -2.46. The highest BCUT2D eigenvalue weighted by atomic mass is 16.2. The number of nitrogens with one attached hydrogen (secondary N) is 2. The van der Waals surface area contributed by atoms with Crippen molar-refractivity contribution in [3.63, 3.8) is 0 Å². The Bertz CT molecular complexity index is 582. The molecule has 0 saturated carbocycles. The first-order valence-electron chi connectivity index (χ1n) is 8.53. The predicted octanol–water partition coefficient (Wildman–Crippen LogP) is 2.90. The molecule has 0 radical (unpaired) electrons. The minimum Gasteiger partial charge on any atom is -0.353 e. The fourth-order valence-corrected chi connectivity index (χ4v) is 2.50. The first-order valence-corrected chi connectivity index (χ1v) is 8.53. The van der Waals surface area contributed by atoms with E-state index in [0.29, 0.717) is 5.92 Å². The van der Waals surface area contributed by atoms with Gasteiger partial charge in [-0.3, -0.25) is 14.5 Å². The topological polar surface area (TPSA) is 61.4 Å². The number of likely N-dealkylation sites (N-methyl/N-ethyl adjacent to an activating group) is 1. The van der Waals surface area contributed by atoms with Gasteiger partial charge in [-0.15, -0.1) is 0 Å². The molecule has 0 aliphatic rings. The van der Waals surface area contributed by atoms with E-state index in [2.05, 4.69) is 24.5 Å². The highest BCUT2D eigenvalue weighted by Crippen LogP contribution is 2.27. The predicted molar refractivity (Wildman–Crippen MR) is 99.3 cm³/mol. The van der Waals surface area contributed by atoms with Crippen LogP contribution in [0.3, 0.4) is 0 Å². The lowest BCUT2D eigenvalue weighted by molar-refractivity contribution is -0.125. The van der Waals surface area contributed by atoms with E-state index in [1.165, 1.54) is 0 Å². The van der Waals surface area contributed by atoms with Crippen LogP contribution in [0.15, 0.2) is 18.2 Å². The van der Waals surface area contributed by atoms with Crippen LogP contribution in [0.2, 0.25) is 0 Å². The smallest absolute Gasteiger partial charge is 0.241 e. The minimum absolute atomic E-state index is 0.0779. The van der Waals surface area contributed by atoms with Crippen molar-refractivity contribution in [3.05, 3.63) is 29.3 Å². The molecular weight excluding hydrogens is 302 g/mol. The quantitative estimate of drug-likeness (QED) is 0.806. The molecule has 5 nitrogen and oxygen atoms in total. The van der Waals surface area contributed by atoms with Crippen LogP contribution in [0.1, 0.15) is 51.7 Å². The van der Waals surface area contributed by atoms with Crippen molar-refractivity contribution in [2.45, 2.75) is 59.5 Å². The van der Waals surface area contributed by atoms with Gasteiger partial charge in [0.15, 0.2) is 0 Å². The second kappa shape index (κ2) is 8.83. The fraction of sp³-hybridized carbons (Fsp3) is 0.579. The number of hydrogen-bond donors (Lipinski definition) is 2. The Kier molecular flexibility index (Phi) is 7.42. The summed E-state index contributed by atoms with van der Waals surface area (Å²) in [6.07, 6.45) is 0. The summed E-state index contributed by atoms with van der Waals surface area (Å²) in [6, 6.07) is 5.73. The van der Waals surface area contributed by atoms with Gasteiger partial charge < -0.3 is 10.6 Å². The van der Waals surface area contributed by atoms with Gasteiger partial charge in [-0.2, -0.15) is 0 Å². The van der Waals surface area contributed by atoms with E-state index in [1.807, 2.05) is 45.9 Å². The van der Waals surface area contributed by atoms with Gasteiger partial charge >= 0.3 is 0 Å². The second-order valence-corrected chi connectivity index (χ2v) is 7.00. The van der Waals surface area contributed by atoms with Gasteiger partial charge in [-0.25, -0.2) is 0 Å². The third-order valence-corrected chi connectivity index (χ3v) is 4.06. The third-order valence-electron chi connectivity index (χ3n) is 4.06. The van der Waals surface area contributed by atoms with Crippen LogP contribution in [0.25, 0.3) is 0 Å². The highest BCUT2D eigenvalue weighted by Gasteiger charge is 2.22. The van der Waals surface area contributed by atoms with E-state index in [0.717, 1.165) is 16.8 Å². The molecular formula is C19H31N3O2. The summed E-state index contributed by atoms with van der Waals surface area (Å²) in [5.41, 5.74) is 3.04.